The first kappa shape index (κ1) is 86.2. The van der Waals surface area contributed by atoms with Crippen LogP contribution in [-0.4, -0.2) is 277 Å². The van der Waals surface area contributed by atoms with Crippen LogP contribution in [0.1, 0.15) is 187 Å². The van der Waals surface area contributed by atoms with Crippen molar-refractivity contribution in [3.05, 3.63) is 0 Å². The Hall–Kier alpha value is -5.21. The van der Waals surface area contributed by atoms with Crippen LogP contribution in [0.4, 0.5) is 0 Å². The van der Waals surface area contributed by atoms with E-state index in [1.54, 1.807) is 7.11 Å². The number of aliphatic hydroxyl groups is 9. The number of methoxy groups -OCH3 is 1. The van der Waals surface area contributed by atoms with Crippen LogP contribution in [-0.2, 0) is 76.3 Å². The number of carbonyl (C=O) groups excluding carboxylic acids is 9. The summed E-state index contributed by atoms with van der Waals surface area (Å²) >= 11 is 0. The summed E-state index contributed by atoms with van der Waals surface area (Å²) in [6, 6.07) is -4.43. The van der Waals surface area contributed by atoms with Crippen molar-refractivity contribution in [3.63, 3.8) is 0 Å². The molecule has 17 N–H and O–H groups in total. The molecule has 33 heteroatoms. The van der Waals surface area contributed by atoms with Gasteiger partial charge in [0.2, 0.25) is 47.3 Å². The lowest BCUT2D eigenvalue weighted by Gasteiger charge is -2.42. The molecule has 17 atom stereocenters. The molecular weight excluding hydrogens is 1300 g/mol. The summed E-state index contributed by atoms with van der Waals surface area (Å²) in [5, 5.41) is 114. The first-order valence-electron chi connectivity index (χ1n) is 36.9. The predicted octanol–water partition coefficient (Wildman–Crippen LogP) is -2.11. The minimum Gasteiger partial charge on any atom is -0.394 e. The number of carbonyl (C=O) groups is 9. The quantitative estimate of drug-likeness (QED) is 0.0290. The van der Waals surface area contributed by atoms with Crippen LogP contribution in [0, 0.1) is 5.92 Å². The van der Waals surface area contributed by atoms with E-state index in [2.05, 4.69) is 42.5 Å². The van der Waals surface area contributed by atoms with E-state index in [0.717, 1.165) is 25.7 Å². The van der Waals surface area contributed by atoms with Gasteiger partial charge in [-0.25, -0.2) is 0 Å². The molecule has 3 rings (SSSR count). The van der Waals surface area contributed by atoms with Crippen LogP contribution in [0.3, 0.4) is 0 Å². The van der Waals surface area contributed by atoms with E-state index in [0.29, 0.717) is 90.2 Å². The van der Waals surface area contributed by atoms with Crippen LogP contribution >= 0.6 is 0 Å². The van der Waals surface area contributed by atoms with Gasteiger partial charge in [0.1, 0.15) is 73.1 Å². The molecule has 8 amide bonds. The first-order valence-corrected chi connectivity index (χ1v) is 34.9. The molecule has 3 aliphatic heterocycles. The Balaban J connectivity index is 0.0000128. The Morgan fingerprint density at radius 3 is 1.13 bits per heavy atom. The van der Waals surface area contributed by atoms with E-state index in [1.165, 1.54) is 28.2 Å². The number of aliphatic hydroxyl groups excluding tert-OH is 9. The Bertz CT molecular complexity index is 2360. The zero-order valence-corrected chi connectivity index (χ0v) is 58.6. The normalized spacial score (nSPS) is 25.9. The average molecular weight is 1430 g/mol. The minimum absolute atomic E-state index is 0.0230. The molecule has 33 nitrogen and oxygen atoms in total. The van der Waals surface area contributed by atoms with Gasteiger partial charge in [-0.2, -0.15) is 0 Å². The van der Waals surface area contributed by atoms with Gasteiger partial charge in [0.25, 0.3) is 0 Å². The standard InChI is InChI=1S/C65H116N8O25.CH4.H2/c1-40(77)70-53-59(88)56(85)46(37-74)96-63(53)93-33-19-11-25-50(82)67-29-16-9-22-43(62(91)69-31-15-7-8-24-49(81)66-28-14-5-6-18-32-92-4)36-45(80)44(73-52(84)27-13-21-35-95-65-55(72-42(3)79)61(90)58(87)48(39-76)98-65)23-10-17-30-68-51(83)26-12-20-34-94-64-54(71-41(2)78)60(89)57(86)47(38-75)97-64;;/h43-44,46-48,53-61,63-65,74-76,85-90H,5-39H2,1-4H3,(H,66,81)(H,67,82)(H,68,83)(H,69,91)(H,70,77)(H,71,78)(H,72,79)(H,73,84);1H4;1H/i;1T;1+2T. The highest BCUT2D eigenvalue weighted by Gasteiger charge is 2.48. The van der Waals surface area contributed by atoms with Gasteiger partial charge in [-0.1, -0.05) is 33.1 Å². The third kappa shape index (κ3) is 35.5. The lowest BCUT2D eigenvalue weighted by atomic mass is 9.91. The smallest absolute Gasteiger partial charge is 0.223 e. The molecule has 0 spiro atoms. The number of amides is 8. The predicted molar refractivity (Wildman–Crippen MR) is 358 cm³/mol. The molecular formula is C66H122N8O25. The Kier molecular flexibility index (Phi) is 45.1. The second kappa shape index (κ2) is 51.9. The summed E-state index contributed by atoms with van der Waals surface area (Å²) in [7, 11) is 2.91. The molecule has 0 aliphatic carbocycles. The molecule has 17 unspecified atom stereocenters. The highest BCUT2D eigenvalue weighted by Crippen LogP contribution is 2.26. The lowest BCUT2D eigenvalue weighted by molar-refractivity contribution is -0.270. The van der Waals surface area contributed by atoms with E-state index in [4.69, 9.17) is 37.5 Å². The van der Waals surface area contributed by atoms with Crippen molar-refractivity contribution in [2.24, 2.45) is 5.92 Å². The average Bonchev–Trinajstić information content (AvgIpc) is 0.823. The van der Waals surface area contributed by atoms with Gasteiger partial charge in [-0.15, -0.1) is 0 Å². The summed E-state index contributed by atoms with van der Waals surface area (Å²) < 4.78 is 54.9. The van der Waals surface area contributed by atoms with Gasteiger partial charge >= 0.3 is 0 Å². The summed E-state index contributed by atoms with van der Waals surface area (Å²) in [6.45, 7) is 3.96. The number of rotatable bonds is 52. The Morgan fingerprint density at radius 2 is 0.758 bits per heavy atom. The van der Waals surface area contributed by atoms with Crippen molar-refractivity contribution in [1.29, 1.82) is 0 Å². The fourth-order valence-electron chi connectivity index (χ4n) is 11.5. The molecule has 0 bridgehead atoms. The zero-order valence-electron chi connectivity index (χ0n) is 61.6. The van der Waals surface area contributed by atoms with Crippen LogP contribution in [0.15, 0.2) is 0 Å². The highest BCUT2D eigenvalue weighted by atomic mass is 16.7. The zero-order chi connectivity index (χ0) is 76.4. The van der Waals surface area contributed by atoms with Gasteiger partial charge < -0.3 is 122 Å². The fraction of sp³-hybridized carbons (Fsp3) is 0.864. The van der Waals surface area contributed by atoms with Crippen LogP contribution in [0.5, 0.6) is 0 Å². The minimum atomic E-state index is -1.52. The van der Waals surface area contributed by atoms with Gasteiger partial charge in [0.05, 0.1) is 25.9 Å². The van der Waals surface area contributed by atoms with Crippen molar-refractivity contribution < 1.29 is 127 Å². The topological polar surface area (TPSA) is 497 Å². The second-order valence-corrected chi connectivity index (χ2v) is 25.3. The maximum absolute atomic E-state index is 14.5. The van der Waals surface area contributed by atoms with Crippen LogP contribution in [0.2, 0.25) is 0 Å². The number of unbranched alkanes of at least 4 members (excludes halogenated alkanes) is 10. The van der Waals surface area contributed by atoms with Crippen LogP contribution in [0.25, 0.3) is 0 Å². The van der Waals surface area contributed by atoms with E-state index in [9.17, 15) is 89.1 Å². The maximum Gasteiger partial charge on any atom is 0.223 e. The molecule has 3 heterocycles. The molecule has 3 fully saturated rings. The van der Waals surface area contributed by atoms with E-state index in [-0.39, 0.29) is 114 Å². The first-order chi connectivity index (χ1) is 49.0. The molecule has 0 aromatic heterocycles. The Morgan fingerprint density at radius 1 is 0.434 bits per heavy atom. The van der Waals surface area contributed by atoms with Gasteiger partial charge in [-0.3, -0.25) is 43.2 Å². The van der Waals surface area contributed by atoms with Gasteiger partial charge in [-0.05, 0) is 96.3 Å². The highest BCUT2D eigenvalue weighted by molar-refractivity contribution is 5.92. The van der Waals surface area contributed by atoms with Gasteiger partial charge in [0, 0.05) is 123 Å². The summed E-state index contributed by atoms with van der Waals surface area (Å²) in [5.74, 6) is -4.21. The third-order valence-corrected chi connectivity index (χ3v) is 17.1. The van der Waals surface area contributed by atoms with E-state index in [1.807, 2.05) is 0 Å². The number of hydrogen-bond acceptors (Lipinski definition) is 25. The van der Waals surface area contributed by atoms with Crippen LogP contribution < -0.4 is 42.5 Å². The molecule has 3 saturated heterocycles. The van der Waals surface area contributed by atoms with Crippen molar-refractivity contribution in [2.45, 2.75) is 280 Å². The lowest BCUT2D eigenvalue weighted by Crippen LogP contribution is -2.64. The summed E-state index contributed by atoms with van der Waals surface area (Å²) in [5.41, 5.74) is 0. The Labute approximate surface area is 586 Å². The SMILES string of the molecule is COCCCCCCNC(=O)CCCCCNC(=O)C(CCCCNC(=O)CCCCOC1OC(CO)C(O)C(O)C1NC(C)=O)CC(=O)C(CCCCNC(=O)CCCCOC1OC(CO)C(O)C(O)C1NC(C)=O)NC(=O)CCCCOC1OC(CO)C(O)C(O)C1NC(C)=O.[3H]C.[3H][3H]. The summed E-state index contributed by atoms with van der Waals surface area (Å²) in [6.07, 6.45) is -6.01. The van der Waals surface area contributed by atoms with Crippen molar-refractivity contribution in [3.8, 4) is 0 Å². The molecule has 99 heavy (non-hydrogen) atoms. The number of ketones is 1. The number of nitrogens with one attached hydrogen (secondary N) is 8. The monoisotopic (exact) mass is 1430 g/mol. The second-order valence-electron chi connectivity index (χ2n) is 25.3. The fourth-order valence-corrected chi connectivity index (χ4v) is 11.5. The molecule has 0 aromatic rings. The van der Waals surface area contributed by atoms with Gasteiger partial charge in [0.15, 0.2) is 24.7 Å². The molecule has 3 aliphatic rings. The largest absolute Gasteiger partial charge is 0.394 e. The maximum atomic E-state index is 14.5. The van der Waals surface area contributed by atoms with Crippen molar-refractivity contribution >= 4 is 53.0 Å². The number of Topliss-reactive ketones (excluding diaryl/α,β-unsaturated/α-hetero) is 1. The number of hydrogen-bond donors (Lipinski definition) is 17. The molecule has 0 radical (unpaired) electrons. The third-order valence-electron chi connectivity index (χ3n) is 17.1. The summed E-state index contributed by atoms with van der Waals surface area (Å²) in [4.78, 5) is 116. The van der Waals surface area contributed by atoms with E-state index >= 15 is 0 Å². The molecule has 0 aromatic carbocycles. The number of ether oxygens (including phenoxy) is 7. The van der Waals surface area contributed by atoms with E-state index < -0.39 is 153 Å². The van der Waals surface area contributed by atoms with Crippen molar-refractivity contribution in [1.82, 2.24) is 42.5 Å². The molecule has 576 valence electrons. The van der Waals surface area contributed by atoms with Crippen molar-refractivity contribution in [2.75, 3.05) is 79.5 Å². The molecule has 0 saturated carbocycles.